The molecule has 5 heteroatoms. The van der Waals surface area contributed by atoms with Gasteiger partial charge in [0.15, 0.2) is 5.11 Å². The maximum atomic E-state index is 5.43. The molecule has 0 saturated carbocycles. The molecule has 0 spiro atoms. The third-order valence-electron chi connectivity index (χ3n) is 3.35. The first kappa shape index (κ1) is 18.7. The molecule has 1 aromatic rings. The summed E-state index contributed by atoms with van der Waals surface area (Å²) in [6, 6.07) is 8.37. The number of nitrogens with one attached hydrogen (secondary N) is 2. The van der Waals surface area contributed by atoms with Crippen LogP contribution in [0, 0.1) is 0 Å². The predicted molar refractivity (Wildman–Crippen MR) is 100.0 cm³/mol. The van der Waals surface area contributed by atoms with E-state index in [0.29, 0.717) is 5.11 Å². The quantitative estimate of drug-likeness (QED) is 0.508. The molecule has 0 aromatic heterocycles. The van der Waals surface area contributed by atoms with Gasteiger partial charge in [-0.3, -0.25) is 0 Å². The van der Waals surface area contributed by atoms with Gasteiger partial charge in [0.2, 0.25) is 0 Å². The maximum absolute atomic E-state index is 5.43. The number of benzene rings is 1. The minimum atomic E-state index is 0.658. The van der Waals surface area contributed by atoms with Gasteiger partial charge in [-0.25, -0.2) is 0 Å². The Morgan fingerprint density at radius 2 is 1.77 bits per heavy atom. The van der Waals surface area contributed by atoms with Gasteiger partial charge in [-0.05, 0) is 63.2 Å². The Hall–Kier alpha value is -1.33. The number of thiocarbonyl (C=S) groups is 1. The van der Waals surface area contributed by atoms with E-state index in [1.54, 1.807) is 0 Å². The Morgan fingerprint density at radius 3 is 2.36 bits per heavy atom. The molecule has 22 heavy (non-hydrogen) atoms. The van der Waals surface area contributed by atoms with Gasteiger partial charge in [-0.2, -0.15) is 0 Å². The molecule has 0 aliphatic heterocycles. The van der Waals surface area contributed by atoms with Gasteiger partial charge in [-0.15, -0.1) is 0 Å². The van der Waals surface area contributed by atoms with Crippen LogP contribution < -0.4 is 15.5 Å². The van der Waals surface area contributed by atoms with E-state index in [4.69, 9.17) is 17.0 Å². The molecule has 0 saturated heterocycles. The van der Waals surface area contributed by atoms with Gasteiger partial charge in [0.25, 0.3) is 0 Å². The van der Waals surface area contributed by atoms with Crippen LogP contribution in [0.4, 0.5) is 11.4 Å². The van der Waals surface area contributed by atoms with Gasteiger partial charge >= 0.3 is 0 Å². The lowest BCUT2D eigenvalue weighted by molar-refractivity contribution is 0.133. The molecular weight excluding hydrogens is 294 g/mol. The van der Waals surface area contributed by atoms with Crippen LogP contribution in [-0.4, -0.2) is 38.0 Å². The first-order valence-corrected chi connectivity index (χ1v) is 8.59. The highest BCUT2D eigenvalue weighted by molar-refractivity contribution is 7.80. The summed E-state index contributed by atoms with van der Waals surface area (Å²) in [4.78, 5) is 2.32. The van der Waals surface area contributed by atoms with Crippen molar-refractivity contribution in [3.63, 3.8) is 0 Å². The minimum absolute atomic E-state index is 0.658. The highest BCUT2D eigenvalue weighted by Gasteiger charge is 2.02. The summed E-state index contributed by atoms with van der Waals surface area (Å²) < 4.78 is 5.43. The minimum Gasteiger partial charge on any atom is -0.381 e. The molecule has 1 aromatic carbocycles. The third-order valence-corrected chi connectivity index (χ3v) is 3.60. The molecule has 0 heterocycles. The second-order valence-electron chi connectivity index (χ2n) is 5.07. The van der Waals surface area contributed by atoms with Gasteiger partial charge in [0, 0.05) is 44.2 Å². The van der Waals surface area contributed by atoms with Crippen molar-refractivity contribution in [2.24, 2.45) is 0 Å². The van der Waals surface area contributed by atoms with E-state index in [0.717, 1.165) is 51.4 Å². The molecule has 0 fully saturated rings. The highest BCUT2D eigenvalue weighted by atomic mass is 32.1. The molecule has 0 radical (unpaired) electrons. The second-order valence-corrected chi connectivity index (χ2v) is 5.47. The van der Waals surface area contributed by atoms with Crippen molar-refractivity contribution >= 4 is 28.7 Å². The molecule has 0 unspecified atom stereocenters. The molecule has 4 nitrogen and oxygen atoms in total. The van der Waals surface area contributed by atoms with E-state index < -0.39 is 0 Å². The molecule has 0 atom stereocenters. The van der Waals surface area contributed by atoms with Crippen molar-refractivity contribution < 1.29 is 4.74 Å². The summed E-state index contributed by atoms with van der Waals surface area (Å²) in [6.07, 6.45) is 2.03. The maximum Gasteiger partial charge on any atom is 0.170 e. The average Bonchev–Trinajstić information content (AvgIpc) is 2.53. The lowest BCUT2D eigenvalue weighted by atomic mass is 10.2. The van der Waals surface area contributed by atoms with Crippen LogP contribution in [0.3, 0.4) is 0 Å². The van der Waals surface area contributed by atoms with E-state index in [9.17, 15) is 0 Å². The van der Waals surface area contributed by atoms with Gasteiger partial charge < -0.3 is 20.3 Å². The molecular formula is C17H29N3OS. The zero-order valence-electron chi connectivity index (χ0n) is 14.0. The van der Waals surface area contributed by atoms with Gasteiger partial charge in [-0.1, -0.05) is 6.92 Å². The van der Waals surface area contributed by atoms with Gasteiger partial charge in [0.1, 0.15) is 0 Å². The van der Waals surface area contributed by atoms with Crippen LogP contribution in [0.1, 0.15) is 33.6 Å². The third kappa shape index (κ3) is 7.09. The SMILES string of the molecule is CCCOCCCNC(=S)Nc1ccc(N(CC)CC)cc1. The normalized spacial score (nSPS) is 10.3. The lowest BCUT2D eigenvalue weighted by Gasteiger charge is -2.21. The van der Waals surface area contributed by atoms with Crippen molar-refractivity contribution in [1.29, 1.82) is 0 Å². The fourth-order valence-corrected chi connectivity index (χ4v) is 2.36. The molecule has 0 amide bonds. The molecule has 2 N–H and O–H groups in total. The number of ether oxygens (including phenoxy) is 1. The van der Waals surface area contributed by atoms with E-state index in [2.05, 4.69) is 60.6 Å². The average molecular weight is 324 g/mol. The first-order valence-electron chi connectivity index (χ1n) is 8.18. The second kappa shape index (κ2) is 11.3. The number of hydrogen-bond acceptors (Lipinski definition) is 3. The standard InChI is InChI=1S/C17H29N3OS/c1-4-13-21-14-7-12-18-17(22)19-15-8-10-16(11-9-15)20(5-2)6-3/h8-11H,4-7,12-14H2,1-3H3,(H2,18,19,22). The summed E-state index contributed by atoms with van der Waals surface area (Å²) in [7, 11) is 0. The van der Waals surface area contributed by atoms with E-state index in [1.165, 1.54) is 5.69 Å². The van der Waals surface area contributed by atoms with E-state index in [-0.39, 0.29) is 0 Å². The van der Waals surface area contributed by atoms with Crippen LogP contribution >= 0.6 is 12.2 Å². The monoisotopic (exact) mass is 323 g/mol. The molecule has 0 bridgehead atoms. The Balaban J connectivity index is 2.29. The van der Waals surface area contributed by atoms with Gasteiger partial charge in [0.05, 0.1) is 0 Å². The summed E-state index contributed by atoms with van der Waals surface area (Å²) in [6.45, 7) is 10.9. The Morgan fingerprint density at radius 1 is 1.09 bits per heavy atom. The zero-order valence-corrected chi connectivity index (χ0v) is 14.8. The van der Waals surface area contributed by atoms with Crippen LogP contribution in [0.5, 0.6) is 0 Å². The predicted octanol–water partition coefficient (Wildman–Crippen LogP) is 3.64. The first-order chi connectivity index (χ1) is 10.7. The molecule has 124 valence electrons. The molecule has 0 aliphatic rings. The van der Waals surface area contributed by atoms with Crippen LogP contribution in [0.25, 0.3) is 0 Å². The van der Waals surface area contributed by atoms with Crippen molar-refractivity contribution in [3.05, 3.63) is 24.3 Å². The fraction of sp³-hybridized carbons (Fsp3) is 0.588. The lowest BCUT2D eigenvalue weighted by Crippen LogP contribution is -2.29. The molecule has 1 rings (SSSR count). The topological polar surface area (TPSA) is 36.5 Å². The summed E-state index contributed by atoms with van der Waals surface area (Å²) in [5, 5.41) is 7.06. The summed E-state index contributed by atoms with van der Waals surface area (Å²) in [5.41, 5.74) is 2.25. The largest absolute Gasteiger partial charge is 0.381 e. The number of anilines is 2. The number of rotatable bonds is 10. The van der Waals surface area contributed by atoms with Crippen LogP contribution in [0.15, 0.2) is 24.3 Å². The highest BCUT2D eigenvalue weighted by Crippen LogP contribution is 2.17. The van der Waals surface area contributed by atoms with Crippen molar-refractivity contribution in [3.8, 4) is 0 Å². The summed E-state index contributed by atoms with van der Waals surface area (Å²) in [5.74, 6) is 0. The zero-order chi connectivity index (χ0) is 16.2. The van der Waals surface area contributed by atoms with Crippen LogP contribution in [0.2, 0.25) is 0 Å². The number of nitrogens with zero attached hydrogens (tertiary/aromatic N) is 1. The van der Waals surface area contributed by atoms with Crippen LogP contribution in [-0.2, 0) is 4.74 Å². The molecule has 0 aliphatic carbocycles. The van der Waals surface area contributed by atoms with Crippen molar-refractivity contribution in [2.75, 3.05) is 43.1 Å². The number of hydrogen-bond donors (Lipinski definition) is 2. The van der Waals surface area contributed by atoms with Crippen molar-refractivity contribution in [1.82, 2.24) is 5.32 Å². The Labute approximate surface area is 140 Å². The van der Waals surface area contributed by atoms with E-state index in [1.807, 2.05) is 0 Å². The smallest absolute Gasteiger partial charge is 0.170 e. The van der Waals surface area contributed by atoms with E-state index >= 15 is 0 Å². The Kier molecular flexibility index (Phi) is 9.59. The Bertz CT molecular complexity index is 418. The van der Waals surface area contributed by atoms with Crippen molar-refractivity contribution in [2.45, 2.75) is 33.6 Å². The summed E-state index contributed by atoms with van der Waals surface area (Å²) >= 11 is 5.29. The fourth-order valence-electron chi connectivity index (χ4n) is 2.14.